The highest BCUT2D eigenvalue weighted by Gasteiger charge is 2.32. The van der Waals surface area contributed by atoms with E-state index in [1.807, 2.05) is 11.3 Å². The molecule has 0 saturated carbocycles. The molecule has 98 valence electrons. The van der Waals surface area contributed by atoms with Gasteiger partial charge in [0.1, 0.15) is 0 Å². The van der Waals surface area contributed by atoms with E-state index in [4.69, 9.17) is 0 Å². The van der Waals surface area contributed by atoms with Crippen molar-refractivity contribution in [2.45, 2.75) is 12.5 Å². The number of rotatable bonds is 0. The Balaban J connectivity index is 1.89. The molecule has 2 aliphatic heterocycles. The first-order chi connectivity index (χ1) is 9.33. The summed E-state index contributed by atoms with van der Waals surface area (Å²) in [5.41, 5.74) is 4.48. The summed E-state index contributed by atoms with van der Waals surface area (Å²) < 4.78 is 0. The molecule has 3 heteroatoms. The molecule has 2 aliphatic rings. The van der Waals surface area contributed by atoms with Crippen LogP contribution in [0.5, 0.6) is 0 Å². The minimum Gasteiger partial charge on any atom is -0.362 e. The minimum atomic E-state index is 0.531. The number of piperazine rings is 1. The van der Waals surface area contributed by atoms with Crippen LogP contribution in [0.2, 0.25) is 0 Å². The van der Waals surface area contributed by atoms with E-state index < -0.39 is 0 Å². The number of hydrogen-bond donors (Lipinski definition) is 0. The van der Waals surface area contributed by atoms with Crippen molar-refractivity contribution >= 4 is 17.0 Å². The quantitative estimate of drug-likeness (QED) is 0.725. The lowest BCUT2D eigenvalue weighted by atomic mass is 10.0. The molecule has 19 heavy (non-hydrogen) atoms. The molecule has 0 radical (unpaired) electrons. The van der Waals surface area contributed by atoms with E-state index in [2.05, 4.69) is 52.6 Å². The highest BCUT2D eigenvalue weighted by molar-refractivity contribution is 7.10. The van der Waals surface area contributed by atoms with Crippen LogP contribution in [0.15, 0.2) is 35.7 Å². The number of para-hydroxylation sites is 1. The first kappa shape index (κ1) is 11.5. The summed E-state index contributed by atoms with van der Waals surface area (Å²) >= 11 is 1.91. The topological polar surface area (TPSA) is 6.48 Å². The van der Waals surface area contributed by atoms with Crippen molar-refractivity contribution in [3.63, 3.8) is 0 Å². The molecule has 1 fully saturated rings. The van der Waals surface area contributed by atoms with Crippen LogP contribution >= 0.6 is 11.3 Å². The van der Waals surface area contributed by atoms with Crippen LogP contribution in [0.25, 0.3) is 0 Å². The monoisotopic (exact) mass is 270 g/mol. The van der Waals surface area contributed by atoms with Gasteiger partial charge in [0.15, 0.2) is 0 Å². The smallest absolute Gasteiger partial charge is 0.0680 e. The van der Waals surface area contributed by atoms with Crippen molar-refractivity contribution in [2.24, 2.45) is 0 Å². The van der Waals surface area contributed by atoms with Gasteiger partial charge in [0.05, 0.1) is 6.04 Å². The highest BCUT2D eigenvalue weighted by Crippen LogP contribution is 2.40. The van der Waals surface area contributed by atoms with Crippen molar-refractivity contribution in [1.29, 1.82) is 0 Å². The van der Waals surface area contributed by atoms with Crippen LogP contribution in [-0.2, 0) is 6.42 Å². The third-order valence-corrected chi connectivity index (χ3v) is 5.31. The number of likely N-dealkylation sites (N-methyl/N-ethyl adjacent to an activating group) is 1. The minimum absolute atomic E-state index is 0.531. The summed E-state index contributed by atoms with van der Waals surface area (Å²) in [5, 5.41) is 2.26. The standard InChI is InChI=1S/C16H18N2S/c1-17-7-8-18-14-5-3-2-4-12(14)10-16-13(6-9-19-16)15(18)11-17/h2-6,9,15H,7-8,10-11H2,1H3/t15-/m1/s1. The van der Waals surface area contributed by atoms with E-state index in [-0.39, 0.29) is 0 Å². The zero-order chi connectivity index (χ0) is 12.8. The molecule has 0 N–H and O–H groups in total. The molecule has 1 atom stereocenters. The second-order valence-electron chi connectivity index (χ2n) is 5.58. The lowest BCUT2D eigenvalue weighted by Crippen LogP contribution is -2.46. The number of hydrogen-bond acceptors (Lipinski definition) is 3. The molecular formula is C16H18N2S. The summed E-state index contributed by atoms with van der Waals surface area (Å²) in [6.07, 6.45) is 1.10. The van der Waals surface area contributed by atoms with Crippen LogP contribution in [-0.4, -0.2) is 31.6 Å². The second-order valence-corrected chi connectivity index (χ2v) is 6.58. The first-order valence-electron chi connectivity index (χ1n) is 6.92. The van der Waals surface area contributed by atoms with E-state index in [0.717, 1.165) is 26.1 Å². The Kier molecular flexibility index (Phi) is 2.64. The Morgan fingerprint density at radius 2 is 2.05 bits per heavy atom. The third-order valence-electron chi connectivity index (χ3n) is 4.37. The molecule has 0 unspecified atom stereocenters. The molecular weight excluding hydrogens is 252 g/mol. The third kappa shape index (κ3) is 1.80. The fraction of sp³-hybridized carbons (Fsp3) is 0.375. The van der Waals surface area contributed by atoms with Crippen LogP contribution in [0, 0.1) is 0 Å². The van der Waals surface area contributed by atoms with Gasteiger partial charge in [-0.25, -0.2) is 0 Å². The van der Waals surface area contributed by atoms with Gasteiger partial charge in [0.2, 0.25) is 0 Å². The van der Waals surface area contributed by atoms with Gasteiger partial charge in [0, 0.05) is 36.6 Å². The zero-order valence-corrected chi connectivity index (χ0v) is 12.0. The molecule has 0 amide bonds. The molecule has 0 aliphatic carbocycles. The van der Waals surface area contributed by atoms with Gasteiger partial charge in [-0.15, -0.1) is 11.3 Å². The fourth-order valence-corrected chi connectivity index (χ4v) is 4.34. The van der Waals surface area contributed by atoms with E-state index in [0.29, 0.717) is 6.04 Å². The van der Waals surface area contributed by atoms with E-state index in [1.165, 1.54) is 11.3 Å². The summed E-state index contributed by atoms with van der Waals surface area (Å²) in [4.78, 5) is 6.62. The molecule has 2 aromatic rings. The van der Waals surface area contributed by atoms with Crippen molar-refractivity contribution in [1.82, 2.24) is 4.90 Å². The molecule has 1 saturated heterocycles. The van der Waals surface area contributed by atoms with Crippen LogP contribution in [0.3, 0.4) is 0 Å². The van der Waals surface area contributed by atoms with Gasteiger partial charge >= 0.3 is 0 Å². The number of fused-ring (bicyclic) bond motifs is 5. The molecule has 3 heterocycles. The largest absolute Gasteiger partial charge is 0.362 e. The molecule has 0 bridgehead atoms. The second kappa shape index (κ2) is 4.36. The van der Waals surface area contributed by atoms with E-state index in [9.17, 15) is 0 Å². The molecule has 1 aromatic heterocycles. The van der Waals surface area contributed by atoms with Crippen molar-refractivity contribution in [3.8, 4) is 0 Å². The van der Waals surface area contributed by atoms with Gasteiger partial charge in [0.25, 0.3) is 0 Å². The fourth-order valence-electron chi connectivity index (χ4n) is 3.38. The highest BCUT2D eigenvalue weighted by atomic mass is 32.1. The van der Waals surface area contributed by atoms with Crippen LogP contribution < -0.4 is 4.90 Å². The summed E-state index contributed by atoms with van der Waals surface area (Å²) in [6, 6.07) is 11.8. The normalized spacial score (nSPS) is 22.4. The van der Waals surface area contributed by atoms with Crippen molar-refractivity contribution in [2.75, 3.05) is 31.6 Å². The Morgan fingerprint density at radius 1 is 1.16 bits per heavy atom. The summed E-state index contributed by atoms with van der Waals surface area (Å²) in [6.45, 7) is 3.43. The van der Waals surface area contributed by atoms with Gasteiger partial charge in [-0.05, 0) is 35.7 Å². The predicted octanol–water partition coefficient (Wildman–Crippen LogP) is 3.15. The number of benzene rings is 1. The zero-order valence-electron chi connectivity index (χ0n) is 11.2. The van der Waals surface area contributed by atoms with Crippen LogP contribution in [0.1, 0.15) is 22.0 Å². The van der Waals surface area contributed by atoms with Gasteiger partial charge in [-0.3, -0.25) is 0 Å². The Bertz CT molecular complexity index is 604. The molecule has 1 aromatic carbocycles. The lowest BCUT2D eigenvalue weighted by molar-refractivity contribution is 0.269. The molecule has 0 spiro atoms. The maximum Gasteiger partial charge on any atom is 0.0680 e. The summed E-state index contributed by atoms with van der Waals surface area (Å²) in [7, 11) is 2.24. The Morgan fingerprint density at radius 3 is 3.00 bits per heavy atom. The Hall–Kier alpha value is -1.32. The van der Waals surface area contributed by atoms with Gasteiger partial charge < -0.3 is 9.80 Å². The average molecular weight is 270 g/mol. The first-order valence-corrected chi connectivity index (χ1v) is 7.80. The lowest BCUT2D eigenvalue weighted by Gasteiger charge is -2.41. The number of nitrogens with zero attached hydrogens (tertiary/aromatic N) is 2. The van der Waals surface area contributed by atoms with Gasteiger partial charge in [-0.1, -0.05) is 18.2 Å². The van der Waals surface area contributed by atoms with E-state index in [1.54, 1.807) is 10.4 Å². The maximum absolute atomic E-state index is 2.62. The number of anilines is 1. The SMILES string of the molecule is CN1CCN2c3ccccc3Cc3sccc3[C@H]2C1. The Labute approximate surface area is 118 Å². The number of thiophene rings is 1. The molecule has 4 rings (SSSR count). The maximum atomic E-state index is 2.62. The molecule has 2 nitrogen and oxygen atoms in total. The van der Waals surface area contributed by atoms with Gasteiger partial charge in [-0.2, -0.15) is 0 Å². The van der Waals surface area contributed by atoms with Crippen molar-refractivity contribution < 1.29 is 0 Å². The van der Waals surface area contributed by atoms with Crippen molar-refractivity contribution in [3.05, 3.63) is 51.7 Å². The average Bonchev–Trinajstić information content (AvgIpc) is 2.83. The summed E-state index contributed by atoms with van der Waals surface area (Å²) in [5.74, 6) is 0. The van der Waals surface area contributed by atoms with E-state index >= 15 is 0 Å². The predicted molar refractivity (Wildman–Crippen MR) is 81.2 cm³/mol. The van der Waals surface area contributed by atoms with Crippen LogP contribution in [0.4, 0.5) is 5.69 Å².